The zero-order valence-electron chi connectivity index (χ0n) is 11.3. The van der Waals surface area contributed by atoms with Crippen molar-refractivity contribution >= 4 is 33.5 Å². The molecule has 9 heteroatoms. The van der Waals surface area contributed by atoms with Crippen molar-refractivity contribution in [1.82, 2.24) is 0 Å². The second-order valence-corrected chi connectivity index (χ2v) is 5.23. The lowest BCUT2D eigenvalue weighted by atomic mass is 10.1. The molecule has 0 saturated carbocycles. The van der Waals surface area contributed by atoms with Gasteiger partial charge in [0.25, 0.3) is 5.69 Å². The van der Waals surface area contributed by atoms with Gasteiger partial charge in [0.05, 0.1) is 16.7 Å². The van der Waals surface area contributed by atoms with Crippen molar-refractivity contribution in [2.75, 3.05) is 5.43 Å². The molecule has 0 heterocycles. The minimum absolute atomic E-state index is 0.133. The fourth-order valence-electron chi connectivity index (χ4n) is 1.70. The lowest BCUT2D eigenvalue weighted by molar-refractivity contribution is -0.384. The Balaban J connectivity index is 2.26. The molecule has 5 nitrogen and oxygen atoms in total. The molecule has 0 aliphatic carbocycles. The molecule has 0 aliphatic heterocycles. The summed E-state index contributed by atoms with van der Waals surface area (Å²) in [6.07, 6.45) is -3.26. The van der Waals surface area contributed by atoms with E-state index in [1.165, 1.54) is 6.21 Å². The van der Waals surface area contributed by atoms with Crippen LogP contribution < -0.4 is 5.43 Å². The van der Waals surface area contributed by atoms with E-state index in [0.717, 1.165) is 16.6 Å². The second-order valence-electron chi connectivity index (χ2n) is 4.38. The Bertz CT molecular complexity index is 763. The van der Waals surface area contributed by atoms with Crippen LogP contribution in [-0.2, 0) is 6.18 Å². The molecule has 0 aliphatic rings. The number of hydrazone groups is 1. The molecule has 2 aromatic carbocycles. The van der Waals surface area contributed by atoms with Gasteiger partial charge in [-0.1, -0.05) is 34.1 Å². The van der Waals surface area contributed by atoms with Crippen LogP contribution in [0.25, 0.3) is 0 Å². The molecule has 23 heavy (non-hydrogen) atoms. The highest BCUT2D eigenvalue weighted by Gasteiger charge is 2.33. The first-order valence-electron chi connectivity index (χ1n) is 6.18. The molecule has 0 radical (unpaired) electrons. The van der Waals surface area contributed by atoms with Crippen LogP contribution in [0.2, 0.25) is 0 Å². The Hall–Kier alpha value is -2.42. The Morgan fingerprint density at radius 1 is 1.22 bits per heavy atom. The fourth-order valence-corrected chi connectivity index (χ4v) is 2.09. The van der Waals surface area contributed by atoms with Gasteiger partial charge in [-0.25, -0.2) is 0 Å². The van der Waals surface area contributed by atoms with E-state index >= 15 is 0 Å². The molecule has 120 valence electrons. The third-order valence-corrected chi connectivity index (χ3v) is 3.54. The van der Waals surface area contributed by atoms with E-state index in [-0.39, 0.29) is 5.69 Å². The summed E-state index contributed by atoms with van der Waals surface area (Å²) < 4.78 is 38.6. The van der Waals surface area contributed by atoms with Gasteiger partial charge in [0.1, 0.15) is 5.69 Å². The summed E-state index contributed by atoms with van der Waals surface area (Å²) >= 11 is 3.30. The van der Waals surface area contributed by atoms with Gasteiger partial charge in [0.2, 0.25) is 0 Å². The lowest BCUT2D eigenvalue weighted by Gasteiger charge is -2.08. The van der Waals surface area contributed by atoms with E-state index in [1.807, 2.05) is 0 Å². The summed E-state index contributed by atoms with van der Waals surface area (Å²) in [5.74, 6) is 0. The first kappa shape index (κ1) is 16.9. The van der Waals surface area contributed by atoms with Crippen LogP contribution in [0.5, 0.6) is 0 Å². The van der Waals surface area contributed by atoms with Crippen molar-refractivity contribution in [2.45, 2.75) is 6.18 Å². The highest BCUT2D eigenvalue weighted by molar-refractivity contribution is 9.10. The number of rotatable bonds is 4. The number of nitro groups is 1. The average molecular weight is 388 g/mol. The zero-order chi connectivity index (χ0) is 17.0. The normalized spacial score (nSPS) is 11.7. The Labute approximate surface area is 137 Å². The number of nitrogens with one attached hydrogen (secondary N) is 1. The minimum atomic E-state index is -4.65. The largest absolute Gasteiger partial charge is 0.416 e. The van der Waals surface area contributed by atoms with Crippen molar-refractivity contribution in [1.29, 1.82) is 0 Å². The predicted octanol–water partition coefficient (Wildman–Crippen LogP) is 4.82. The van der Waals surface area contributed by atoms with Gasteiger partial charge in [0, 0.05) is 16.1 Å². The van der Waals surface area contributed by atoms with Crippen LogP contribution in [-0.4, -0.2) is 11.1 Å². The minimum Gasteiger partial charge on any atom is -0.272 e. The second kappa shape index (κ2) is 6.78. The topological polar surface area (TPSA) is 67.5 Å². The van der Waals surface area contributed by atoms with E-state index < -0.39 is 22.4 Å². The summed E-state index contributed by atoms with van der Waals surface area (Å²) in [6.45, 7) is 0. The number of nitro benzene ring substituents is 1. The highest BCUT2D eigenvalue weighted by Crippen LogP contribution is 2.34. The number of hydrogen-bond donors (Lipinski definition) is 1. The molecular formula is C14H9BrF3N3O2. The van der Waals surface area contributed by atoms with Crippen LogP contribution in [0.15, 0.2) is 52.0 Å². The van der Waals surface area contributed by atoms with Crippen molar-refractivity contribution in [3.8, 4) is 0 Å². The summed E-state index contributed by atoms with van der Waals surface area (Å²) in [5, 5.41) is 14.7. The summed E-state index contributed by atoms with van der Waals surface area (Å²) in [4.78, 5) is 10.0. The molecule has 0 amide bonds. The monoisotopic (exact) mass is 387 g/mol. The standard InChI is InChI=1S/C14H9BrF3N3O2/c15-11-4-2-1-3-9(11)8-19-20-12-6-5-10(14(16,17)18)7-13(12)21(22)23/h1-8,20H. The van der Waals surface area contributed by atoms with Crippen LogP contribution in [0.1, 0.15) is 11.1 Å². The Morgan fingerprint density at radius 3 is 2.52 bits per heavy atom. The quantitative estimate of drug-likeness (QED) is 0.464. The molecule has 0 atom stereocenters. The maximum atomic E-state index is 12.6. The van der Waals surface area contributed by atoms with E-state index in [0.29, 0.717) is 11.6 Å². The van der Waals surface area contributed by atoms with Gasteiger partial charge < -0.3 is 0 Å². The number of nitrogens with zero attached hydrogens (tertiary/aromatic N) is 2. The molecule has 0 saturated heterocycles. The van der Waals surface area contributed by atoms with Gasteiger partial charge in [-0.2, -0.15) is 18.3 Å². The van der Waals surface area contributed by atoms with Gasteiger partial charge in [-0.15, -0.1) is 0 Å². The molecule has 0 unspecified atom stereocenters. The van der Waals surface area contributed by atoms with Crippen molar-refractivity contribution in [3.63, 3.8) is 0 Å². The van der Waals surface area contributed by atoms with Crippen LogP contribution in [0.4, 0.5) is 24.5 Å². The average Bonchev–Trinajstić information content (AvgIpc) is 2.48. The summed E-state index contributed by atoms with van der Waals surface area (Å²) in [6, 6.07) is 9.29. The SMILES string of the molecule is O=[N+]([O-])c1cc(C(F)(F)F)ccc1NN=Cc1ccccc1Br. The molecule has 1 N–H and O–H groups in total. The molecule has 0 bridgehead atoms. The molecular weight excluding hydrogens is 379 g/mol. The number of alkyl halides is 3. The lowest BCUT2D eigenvalue weighted by Crippen LogP contribution is -2.06. The number of halogens is 4. The summed E-state index contributed by atoms with van der Waals surface area (Å²) in [5.41, 5.74) is 1.16. The van der Waals surface area contributed by atoms with Crippen LogP contribution >= 0.6 is 15.9 Å². The predicted molar refractivity (Wildman–Crippen MR) is 83.5 cm³/mol. The van der Waals surface area contributed by atoms with Gasteiger partial charge >= 0.3 is 6.18 Å². The highest BCUT2D eigenvalue weighted by atomic mass is 79.9. The van der Waals surface area contributed by atoms with E-state index in [2.05, 4.69) is 26.5 Å². The van der Waals surface area contributed by atoms with Crippen molar-refractivity contribution in [3.05, 3.63) is 68.2 Å². The molecule has 2 rings (SSSR count). The maximum absolute atomic E-state index is 12.6. The zero-order valence-corrected chi connectivity index (χ0v) is 12.9. The third-order valence-electron chi connectivity index (χ3n) is 2.82. The van der Waals surface area contributed by atoms with E-state index in [4.69, 9.17) is 0 Å². The molecule has 0 spiro atoms. The van der Waals surface area contributed by atoms with Crippen LogP contribution in [0.3, 0.4) is 0 Å². The molecule has 0 aromatic heterocycles. The van der Waals surface area contributed by atoms with Crippen molar-refractivity contribution in [2.24, 2.45) is 5.10 Å². The first-order chi connectivity index (χ1) is 10.8. The number of hydrogen-bond acceptors (Lipinski definition) is 4. The van der Waals surface area contributed by atoms with Gasteiger partial charge in [-0.3, -0.25) is 15.5 Å². The summed E-state index contributed by atoms with van der Waals surface area (Å²) in [7, 11) is 0. The van der Waals surface area contributed by atoms with E-state index in [1.54, 1.807) is 24.3 Å². The first-order valence-corrected chi connectivity index (χ1v) is 6.97. The maximum Gasteiger partial charge on any atom is 0.416 e. The van der Waals surface area contributed by atoms with Gasteiger partial charge in [0.15, 0.2) is 0 Å². The number of benzene rings is 2. The fraction of sp³-hybridized carbons (Fsp3) is 0.0714. The molecule has 2 aromatic rings. The van der Waals surface area contributed by atoms with Gasteiger partial charge in [-0.05, 0) is 18.2 Å². The van der Waals surface area contributed by atoms with Crippen LogP contribution in [0, 0.1) is 10.1 Å². The Morgan fingerprint density at radius 2 is 1.91 bits per heavy atom. The van der Waals surface area contributed by atoms with Crippen molar-refractivity contribution < 1.29 is 18.1 Å². The van der Waals surface area contributed by atoms with E-state index in [9.17, 15) is 23.3 Å². The Kier molecular flexibility index (Phi) is 4.99. The number of anilines is 1. The third kappa shape index (κ3) is 4.28. The smallest absolute Gasteiger partial charge is 0.272 e. The molecule has 0 fully saturated rings.